The monoisotopic (exact) mass is 391 g/mol. The Bertz CT molecular complexity index is 1080. The van der Waals surface area contributed by atoms with Crippen LogP contribution in [-0.4, -0.2) is 30.0 Å². The number of hydrogen-bond acceptors (Lipinski definition) is 7. The lowest BCUT2D eigenvalue weighted by molar-refractivity contribution is -0.384. The number of non-ortho nitro benzene ring substituents is 1. The lowest BCUT2D eigenvalue weighted by atomic mass is 10.3. The maximum atomic E-state index is 12.2. The van der Waals surface area contributed by atoms with Gasteiger partial charge in [-0.2, -0.15) is 0 Å². The van der Waals surface area contributed by atoms with Crippen LogP contribution >= 0.6 is 11.3 Å². The second kappa shape index (κ2) is 7.18. The highest BCUT2D eigenvalue weighted by Crippen LogP contribution is 2.28. The molecule has 1 heterocycles. The van der Waals surface area contributed by atoms with Crippen LogP contribution < -0.4 is 5.32 Å². The topological polar surface area (TPSA) is 119 Å². The zero-order chi connectivity index (χ0) is 18.7. The number of nitro groups is 1. The van der Waals surface area contributed by atoms with Crippen molar-refractivity contribution >= 4 is 48.1 Å². The summed E-state index contributed by atoms with van der Waals surface area (Å²) in [6.45, 7) is 0. The third-order valence-corrected chi connectivity index (χ3v) is 6.21. The number of rotatable bonds is 6. The van der Waals surface area contributed by atoms with Gasteiger partial charge in [0.1, 0.15) is 0 Å². The minimum Gasteiger partial charge on any atom is -0.302 e. The minimum absolute atomic E-state index is 0.0883. The summed E-state index contributed by atoms with van der Waals surface area (Å²) in [5.41, 5.74) is 0.311. The smallest absolute Gasteiger partial charge is 0.271 e. The first-order chi connectivity index (χ1) is 12.3. The van der Waals surface area contributed by atoms with E-state index in [-0.39, 0.29) is 27.9 Å². The van der Waals surface area contributed by atoms with Gasteiger partial charge in [0.15, 0.2) is 15.0 Å². The molecule has 26 heavy (non-hydrogen) atoms. The summed E-state index contributed by atoms with van der Waals surface area (Å²) in [7, 11) is -3.54. The summed E-state index contributed by atoms with van der Waals surface area (Å²) in [4.78, 5) is 26.6. The highest BCUT2D eigenvalue weighted by Gasteiger charge is 2.17. The van der Waals surface area contributed by atoms with Crippen LogP contribution in [0, 0.1) is 10.1 Å². The van der Waals surface area contributed by atoms with Crippen LogP contribution in [0.2, 0.25) is 0 Å². The van der Waals surface area contributed by atoms with E-state index in [0.717, 1.165) is 11.3 Å². The predicted molar refractivity (Wildman–Crippen MR) is 98.0 cm³/mol. The van der Waals surface area contributed by atoms with Crippen LogP contribution in [0.25, 0.3) is 10.2 Å². The van der Waals surface area contributed by atoms with Crippen molar-refractivity contribution in [2.45, 2.75) is 11.3 Å². The zero-order valence-electron chi connectivity index (χ0n) is 13.3. The van der Waals surface area contributed by atoms with Crippen LogP contribution in [0.15, 0.2) is 53.4 Å². The van der Waals surface area contributed by atoms with Gasteiger partial charge in [-0.05, 0) is 18.2 Å². The summed E-state index contributed by atoms with van der Waals surface area (Å²) in [6, 6.07) is 12.1. The Kier molecular flexibility index (Phi) is 4.96. The summed E-state index contributed by atoms with van der Waals surface area (Å²) in [5.74, 6) is -0.808. The lowest BCUT2D eigenvalue weighted by Gasteiger charge is -2.04. The fraction of sp³-hybridized carbons (Fsp3) is 0.125. The predicted octanol–water partition coefficient (Wildman–Crippen LogP) is 3.01. The number of aromatic nitrogens is 1. The molecule has 0 atom stereocenters. The second-order valence-corrected chi connectivity index (χ2v) is 8.50. The van der Waals surface area contributed by atoms with E-state index in [0.29, 0.717) is 10.2 Å². The molecule has 3 rings (SSSR count). The maximum Gasteiger partial charge on any atom is 0.271 e. The van der Waals surface area contributed by atoms with Crippen LogP contribution in [0.3, 0.4) is 0 Å². The summed E-state index contributed by atoms with van der Waals surface area (Å²) >= 11 is 1.16. The summed E-state index contributed by atoms with van der Waals surface area (Å²) in [5, 5.41) is 13.6. The molecule has 0 unspecified atom stereocenters. The average Bonchev–Trinajstić information content (AvgIpc) is 3.02. The number of thiazole rings is 1. The first-order valence-electron chi connectivity index (χ1n) is 7.48. The Morgan fingerprint density at radius 3 is 2.62 bits per heavy atom. The molecule has 1 amide bonds. The molecule has 0 bridgehead atoms. The van der Waals surface area contributed by atoms with Crippen molar-refractivity contribution in [3.63, 3.8) is 0 Å². The van der Waals surface area contributed by atoms with Gasteiger partial charge >= 0.3 is 0 Å². The molecule has 0 radical (unpaired) electrons. The SMILES string of the molecule is O=C(CCS(=O)(=O)c1ccccc1)Nc1nc2cc([N+](=O)[O-])ccc2s1. The highest BCUT2D eigenvalue weighted by atomic mass is 32.2. The van der Waals surface area contributed by atoms with E-state index in [1.54, 1.807) is 24.3 Å². The molecule has 10 heteroatoms. The Morgan fingerprint density at radius 1 is 1.19 bits per heavy atom. The van der Waals surface area contributed by atoms with Crippen molar-refractivity contribution < 1.29 is 18.1 Å². The number of hydrogen-bond donors (Lipinski definition) is 1. The maximum absolute atomic E-state index is 12.2. The molecule has 0 aliphatic rings. The molecule has 1 N–H and O–H groups in total. The number of carbonyl (C=O) groups excluding carboxylic acids is 1. The molecule has 0 aliphatic carbocycles. The van der Waals surface area contributed by atoms with Crippen LogP contribution in [0.4, 0.5) is 10.8 Å². The van der Waals surface area contributed by atoms with Crippen molar-refractivity contribution in [1.29, 1.82) is 0 Å². The van der Waals surface area contributed by atoms with Gasteiger partial charge in [-0.15, -0.1) is 0 Å². The number of nitro benzene ring substituents is 1. The Balaban J connectivity index is 1.66. The molecule has 0 saturated heterocycles. The van der Waals surface area contributed by atoms with Crippen molar-refractivity contribution in [3.8, 4) is 0 Å². The molecular formula is C16H13N3O5S2. The van der Waals surface area contributed by atoms with Crippen LogP contribution in [-0.2, 0) is 14.6 Å². The van der Waals surface area contributed by atoms with Crippen LogP contribution in [0.1, 0.15) is 6.42 Å². The standard InChI is InChI=1S/C16H13N3O5S2/c20-15(8-9-26(23,24)12-4-2-1-3-5-12)18-16-17-13-10-11(19(21)22)6-7-14(13)25-16/h1-7,10H,8-9H2,(H,17,18,20). The van der Waals surface area contributed by atoms with Crippen molar-refractivity contribution in [2.75, 3.05) is 11.1 Å². The van der Waals surface area contributed by atoms with E-state index in [4.69, 9.17) is 0 Å². The van der Waals surface area contributed by atoms with Crippen LogP contribution in [0.5, 0.6) is 0 Å². The minimum atomic E-state index is -3.54. The van der Waals surface area contributed by atoms with E-state index < -0.39 is 20.7 Å². The van der Waals surface area contributed by atoms with Gasteiger partial charge in [-0.25, -0.2) is 13.4 Å². The first-order valence-corrected chi connectivity index (χ1v) is 9.95. The van der Waals surface area contributed by atoms with Gasteiger partial charge in [-0.3, -0.25) is 14.9 Å². The molecule has 134 valence electrons. The number of nitrogens with zero attached hydrogens (tertiary/aromatic N) is 2. The van der Waals surface area contributed by atoms with Gasteiger partial charge in [0, 0.05) is 18.6 Å². The molecule has 1 aromatic heterocycles. The van der Waals surface area contributed by atoms with Gasteiger partial charge in [-0.1, -0.05) is 29.5 Å². The number of carbonyl (C=O) groups is 1. The van der Waals surface area contributed by atoms with E-state index in [1.165, 1.54) is 24.3 Å². The van der Waals surface area contributed by atoms with Gasteiger partial charge < -0.3 is 5.32 Å². The third kappa shape index (κ3) is 4.03. The van der Waals surface area contributed by atoms with E-state index >= 15 is 0 Å². The molecule has 2 aromatic carbocycles. The van der Waals surface area contributed by atoms with Gasteiger partial charge in [0.2, 0.25) is 5.91 Å². The number of anilines is 1. The van der Waals surface area contributed by atoms with Crippen molar-refractivity contribution in [3.05, 3.63) is 58.6 Å². The number of fused-ring (bicyclic) bond motifs is 1. The molecule has 3 aromatic rings. The fourth-order valence-corrected chi connectivity index (χ4v) is 4.36. The quantitative estimate of drug-likeness (QED) is 0.509. The average molecular weight is 391 g/mol. The van der Waals surface area contributed by atoms with Gasteiger partial charge in [0.25, 0.3) is 5.69 Å². The number of sulfone groups is 1. The fourth-order valence-electron chi connectivity index (χ4n) is 2.24. The molecule has 0 spiro atoms. The molecule has 8 nitrogen and oxygen atoms in total. The Labute approximate surface area is 152 Å². The molecule has 0 fully saturated rings. The zero-order valence-corrected chi connectivity index (χ0v) is 14.9. The van der Waals surface area contributed by atoms with Gasteiger partial charge in [0.05, 0.1) is 25.8 Å². The summed E-state index contributed by atoms with van der Waals surface area (Å²) < 4.78 is 25.0. The second-order valence-electron chi connectivity index (χ2n) is 5.36. The molecule has 0 aliphatic heterocycles. The normalized spacial score (nSPS) is 11.4. The van der Waals surface area contributed by atoms with Crippen molar-refractivity contribution in [2.24, 2.45) is 0 Å². The van der Waals surface area contributed by atoms with E-state index in [2.05, 4.69) is 10.3 Å². The Morgan fingerprint density at radius 2 is 1.92 bits per heavy atom. The highest BCUT2D eigenvalue weighted by molar-refractivity contribution is 7.91. The molecule has 0 saturated carbocycles. The van der Waals surface area contributed by atoms with E-state index in [1.807, 2.05) is 0 Å². The lowest BCUT2D eigenvalue weighted by Crippen LogP contribution is -2.17. The third-order valence-electron chi connectivity index (χ3n) is 3.53. The first kappa shape index (κ1) is 18.0. The number of nitrogens with one attached hydrogen (secondary N) is 1. The number of benzene rings is 2. The van der Waals surface area contributed by atoms with E-state index in [9.17, 15) is 23.3 Å². The Hall–Kier alpha value is -2.85. The number of amides is 1. The summed E-state index contributed by atoms with van der Waals surface area (Å²) in [6.07, 6.45) is -0.215. The largest absolute Gasteiger partial charge is 0.302 e. The van der Waals surface area contributed by atoms with Crippen molar-refractivity contribution in [1.82, 2.24) is 4.98 Å². The molecular weight excluding hydrogens is 378 g/mol.